The third kappa shape index (κ3) is 5.22. The molecule has 2 rings (SSSR count). The third-order valence-corrected chi connectivity index (χ3v) is 3.37. The Morgan fingerprint density at radius 1 is 0.654 bits per heavy atom. The molecule has 0 radical (unpaired) electrons. The first-order valence-electron chi connectivity index (χ1n) is 6.16. The van der Waals surface area contributed by atoms with Gasteiger partial charge in [0.25, 0.3) is 0 Å². The van der Waals surface area contributed by atoms with E-state index in [1.165, 1.54) is 12.1 Å². The van der Waals surface area contributed by atoms with Gasteiger partial charge < -0.3 is 0 Å². The Bertz CT molecular complexity index is 767. The van der Waals surface area contributed by atoms with Crippen molar-refractivity contribution in [3.8, 4) is 0 Å². The number of hydrogen-bond donors (Lipinski definition) is 2. The monoisotopic (exact) mass is 428 g/mol. The standard InChI is InChI=1S/C7HF7S.C7H5F3S/c8-2-1(7(12,13)14)3(9)5(11)6(15)4(2)10;8-7(9,10)5-2-1-3-6(11)4-5/h15H;1-4,11H. The summed E-state index contributed by atoms with van der Waals surface area (Å²) in [4.78, 5) is -1.11. The highest BCUT2D eigenvalue weighted by atomic mass is 32.1. The van der Waals surface area contributed by atoms with Crippen LogP contribution in [0.1, 0.15) is 11.1 Å². The molecular weight excluding hydrogens is 422 g/mol. The molecule has 2 aromatic carbocycles. The Morgan fingerprint density at radius 2 is 1.12 bits per heavy atom. The average Bonchev–Trinajstić information content (AvgIpc) is 2.50. The lowest BCUT2D eigenvalue weighted by molar-refractivity contribution is -0.143. The number of thiol groups is 2. The molecule has 0 unspecified atom stereocenters. The first-order chi connectivity index (χ1) is 11.7. The van der Waals surface area contributed by atoms with Gasteiger partial charge in [0.1, 0.15) is 5.56 Å². The van der Waals surface area contributed by atoms with Crippen LogP contribution in [0.4, 0.5) is 43.9 Å². The molecule has 12 heteroatoms. The molecule has 0 heterocycles. The number of alkyl halides is 6. The van der Waals surface area contributed by atoms with E-state index >= 15 is 0 Å². The summed E-state index contributed by atoms with van der Waals surface area (Å²) in [6.45, 7) is 0. The van der Waals surface area contributed by atoms with E-state index in [0.717, 1.165) is 12.1 Å². The summed E-state index contributed by atoms with van der Waals surface area (Å²) < 4.78 is 122. The SMILES string of the molecule is FC(F)(F)c1cccc(S)c1.Fc1c(F)c(C(F)(F)F)c(F)c(F)c1S. The second kappa shape index (κ2) is 7.99. The van der Waals surface area contributed by atoms with Crippen molar-refractivity contribution in [2.75, 3.05) is 0 Å². The molecule has 26 heavy (non-hydrogen) atoms. The number of halogens is 10. The maximum absolute atomic E-state index is 12.6. The summed E-state index contributed by atoms with van der Waals surface area (Å²) in [5.74, 6) is -9.37. The van der Waals surface area contributed by atoms with E-state index in [-0.39, 0.29) is 0 Å². The van der Waals surface area contributed by atoms with Crippen molar-refractivity contribution in [3.05, 3.63) is 58.7 Å². The van der Waals surface area contributed by atoms with Crippen LogP contribution in [0.25, 0.3) is 0 Å². The molecule has 0 nitrogen and oxygen atoms in total. The van der Waals surface area contributed by atoms with Crippen LogP contribution < -0.4 is 0 Å². The van der Waals surface area contributed by atoms with Crippen molar-refractivity contribution in [2.24, 2.45) is 0 Å². The van der Waals surface area contributed by atoms with Gasteiger partial charge >= 0.3 is 12.4 Å². The molecule has 0 N–H and O–H groups in total. The maximum atomic E-state index is 12.6. The quantitative estimate of drug-likeness (QED) is 0.266. The predicted octanol–water partition coefficient (Wildman–Crippen LogP) is 6.54. The van der Waals surface area contributed by atoms with Gasteiger partial charge in [-0.05, 0) is 18.2 Å². The molecule has 0 saturated heterocycles. The van der Waals surface area contributed by atoms with Gasteiger partial charge in [0, 0.05) is 4.90 Å². The van der Waals surface area contributed by atoms with E-state index in [4.69, 9.17) is 0 Å². The Kier molecular flexibility index (Phi) is 6.91. The van der Waals surface area contributed by atoms with Gasteiger partial charge in [0.15, 0.2) is 23.3 Å². The van der Waals surface area contributed by atoms with Crippen LogP contribution in [0.15, 0.2) is 34.1 Å². The summed E-state index contributed by atoms with van der Waals surface area (Å²) in [6, 6.07) is 4.83. The lowest BCUT2D eigenvalue weighted by Gasteiger charge is -2.11. The topological polar surface area (TPSA) is 0 Å². The minimum absolute atomic E-state index is 0.319. The van der Waals surface area contributed by atoms with Crippen LogP contribution >= 0.6 is 25.3 Å². The summed E-state index contributed by atoms with van der Waals surface area (Å²) in [5, 5.41) is 0. The van der Waals surface area contributed by atoms with E-state index in [1.807, 2.05) is 0 Å². The molecule has 0 bridgehead atoms. The lowest BCUT2D eigenvalue weighted by atomic mass is 10.1. The average molecular weight is 428 g/mol. The molecule has 0 aliphatic rings. The third-order valence-electron chi connectivity index (χ3n) is 2.70. The van der Waals surface area contributed by atoms with E-state index in [2.05, 4.69) is 25.3 Å². The molecule has 0 spiro atoms. The molecule has 144 valence electrons. The van der Waals surface area contributed by atoms with Crippen LogP contribution in [-0.4, -0.2) is 0 Å². The molecule has 0 fully saturated rings. The van der Waals surface area contributed by atoms with Gasteiger partial charge in [-0.25, -0.2) is 17.6 Å². The van der Waals surface area contributed by atoms with Crippen molar-refractivity contribution in [1.82, 2.24) is 0 Å². The maximum Gasteiger partial charge on any atom is 0.422 e. The fourth-order valence-electron chi connectivity index (χ4n) is 1.55. The van der Waals surface area contributed by atoms with Crippen LogP contribution in [0.3, 0.4) is 0 Å². The van der Waals surface area contributed by atoms with Crippen molar-refractivity contribution in [1.29, 1.82) is 0 Å². The van der Waals surface area contributed by atoms with Crippen LogP contribution in [0.2, 0.25) is 0 Å². The van der Waals surface area contributed by atoms with E-state index in [1.54, 1.807) is 0 Å². The first kappa shape index (κ1) is 22.5. The van der Waals surface area contributed by atoms with Crippen molar-refractivity contribution in [3.63, 3.8) is 0 Å². The van der Waals surface area contributed by atoms with Crippen LogP contribution in [0.5, 0.6) is 0 Å². The highest BCUT2D eigenvalue weighted by Crippen LogP contribution is 2.37. The van der Waals surface area contributed by atoms with Gasteiger partial charge in [-0.2, -0.15) is 26.3 Å². The van der Waals surface area contributed by atoms with Crippen LogP contribution in [-0.2, 0) is 12.4 Å². The molecule has 0 amide bonds. The van der Waals surface area contributed by atoms with Gasteiger partial charge in [-0.3, -0.25) is 0 Å². The number of benzene rings is 2. The second-order valence-corrected chi connectivity index (χ2v) is 5.49. The molecule has 0 saturated carbocycles. The summed E-state index contributed by atoms with van der Waals surface area (Å²) in [5.41, 5.74) is -3.26. The van der Waals surface area contributed by atoms with E-state index in [0.29, 0.717) is 4.90 Å². The Labute approximate surface area is 150 Å². The normalized spacial score (nSPS) is 11.8. The highest BCUT2D eigenvalue weighted by Gasteiger charge is 2.41. The molecule has 0 aliphatic carbocycles. The van der Waals surface area contributed by atoms with Gasteiger partial charge in [0.05, 0.1) is 10.5 Å². The molecule has 2 aromatic rings. The molecule has 0 atom stereocenters. The first-order valence-corrected chi connectivity index (χ1v) is 7.05. The fraction of sp³-hybridized carbons (Fsp3) is 0.143. The Morgan fingerprint density at radius 3 is 1.42 bits per heavy atom. The summed E-state index contributed by atoms with van der Waals surface area (Å²) in [6.07, 6.45) is -9.78. The van der Waals surface area contributed by atoms with E-state index in [9.17, 15) is 43.9 Å². The Balaban J connectivity index is 0.000000273. The van der Waals surface area contributed by atoms with Gasteiger partial charge in [0.2, 0.25) is 0 Å². The lowest BCUT2D eigenvalue weighted by Crippen LogP contribution is -2.15. The fourth-order valence-corrected chi connectivity index (χ4v) is 1.97. The second-order valence-electron chi connectivity index (χ2n) is 4.53. The minimum Gasteiger partial charge on any atom is -0.203 e. The zero-order chi connectivity index (χ0) is 20.4. The number of rotatable bonds is 0. The van der Waals surface area contributed by atoms with Crippen LogP contribution in [0, 0.1) is 23.3 Å². The van der Waals surface area contributed by atoms with E-state index < -0.39 is 51.6 Å². The molecule has 0 aromatic heterocycles. The summed E-state index contributed by atoms with van der Waals surface area (Å²) in [7, 11) is 0. The molecule has 0 aliphatic heterocycles. The van der Waals surface area contributed by atoms with Crippen molar-refractivity contribution < 1.29 is 43.9 Å². The zero-order valence-corrected chi connectivity index (χ0v) is 13.8. The van der Waals surface area contributed by atoms with Gasteiger partial charge in [-0.1, -0.05) is 6.07 Å². The van der Waals surface area contributed by atoms with Crippen molar-refractivity contribution in [2.45, 2.75) is 22.1 Å². The predicted molar refractivity (Wildman–Crippen MR) is 77.2 cm³/mol. The highest BCUT2D eigenvalue weighted by molar-refractivity contribution is 7.80. The smallest absolute Gasteiger partial charge is 0.203 e. The minimum atomic E-state index is -5.52. The van der Waals surface area contributed by atoms with Gasteiger partial charge in [-0.15, -0.1) is 25.3 Å². The van der Waals surface area contributed by atoms with Crippen molar-refractivity contribution >= 4 is 25.3 Å². The number of hydrogen-bond acceptors (Lipinski definition) is 2. The summed E-state index contributed by atoms with van der Waals surface area (Å²) >= 11 is 6.78. The Hall–Kier alpha value is -1.56. The largest absolute Gasteiger partial charge is 0.422 e. The molecular formula is C14H6F10S2. The zero-order valence-electron chi connectivity index (χ0n) is 12.0.